The first-order valence-electron chi connectivity index (χ1n) is 8.82. The van der Waals surface area contributed by atoms with E-state index in [1.807, 2.05) is 30.3 Å². The summed E-state index contributed by atoms with van der Waals surface area (Å²) in [6, 6.07) is 23.2. The van der Waals surface area contributed by atoms with E-state index in [9.17, 15) is 0 Å². The van der Waals surface area contributed by atoms with E-state index in [0.29, 0.717) is 5.02 Å². The van der Waals surface area contributed by atoms with Crippen LogP contribution in [0.5, 0.6) is 0 Å². The summed E-state index contributed by atoms with van der Waals surface area (Å²) >= 11 is 10.1. The van der Waals surface area contributed by atoms with Gasteiger partial charge in [-0.3, -0.25) is 18.2 Å². The smallest absolute Gasteiger partial charge is 0.171 e. The summed E-state index contributed by atoms with van der Waals surface area (Å²) in [5.74, 6) is 0. The second-order valence-electron chi connectivity index (χ2n) is 5.19. The number of rotatable bonds is 7. The van der Waals surface area contributed by atoms with Gasteiger partial charge in [0.05, 0.1) is 0 Å². The average Bonchev–Trinajstić information content (AvgIpc) is 2.76. The summed E-state index contributed by atoms with van der Waals surface area (Å²) in [7, 11) is 0. The predicted molar refractivity (Wildman–Crippen MR) is 104 cm³/mol. The topological polar surface area (TPSA) is 34.1 Å². The molecule has 2 rings (SSSR count). The minimum absolute atomic E-state index is 0.613. The van der Waals surface area contributed by atoms with Crippen molar-refractivity contribution < 1.29 is 39.1 Å². The van der Waals surface area contributed by atoms with Gasteiger partial charge in [0.2, 0.25) is 0 Å². The van der Waals surface area contributed by atoms with Crippen LogP contribution in [0.4, 0.5) is 0 Å². The van der Waals surface area contributed by atoms with Gasteiger partial charge in [-0.15, -0.1) is 0 Å². The molecule has 0 N–H and O–H groups in total. The first kappa shape index (κ1) is 31.1. The van der Waals surface area contributed by atoms with Gasteiger partial charge in [0.15, 0.2) is 0 Å². The van der Waals surface area contributed by atoms with Crippen molar-refractivity contribution in [3.8, 4) is 0 Å². The fourth-order valence-corrected chi connectivity index (χ4v) is 1.93. The predicted octanol–water partition coefficient (Wildman–Crippen LogP) is 7.15. The van der Waals surface area contributed by atoms with Gasteiger partial charge < -0.3 is 19.1 Å². The van der Waals surface area contributed by atoms with Crippen LogP contribution in [-0.2, 0) is 39.1 Å². The maximum Gasteiger partial charge on any atom is -0.171 e. The molecule has 158 valence electrons. The Bertz CT molecular complexity index is 422. The molecule has 0 spiro atoms. The molecule has 0 radical (unpaired) electrons. The van der Waals surface area contributed by atoms with Crippen LogP contribution in [0.15, 0.2) is 48.5 Å². The Morgan fingerprint density at radius 3 is 1.67 bits per heavy atom. The Labute approximate surface area is 187 Å². The number of unbranched alkanes of at least 4 members (excludes halogenated alkanes) is 7. The minimum Gasteiger partial charge on any atom is -0.184 e. The van der Waals surface area contributed by atoms with E-state index in [1.54, 1.807) is 18.2 Å². The van der Waals surface area contributed by atoms with E-state index < -0.39 is 0 Å². The zero-order valence-corrected chi connectivity index (χ0v) is 18.7. The molecule has 0 unspecified atom stereocenters. The zero-order valence-electron chi connectivity index (χ0n) is 15.8. The van der Waals surface area contributed by atoms with Crippen LogP contribution in [-0.4, -0.2) is 0 Å². The normalized spacial score (nSPS) is 8.19. The van der Waals surface area contributed by atoms with Crippen molar-refractivity contribution in [3.05, 3.63) is 78.7 Å². The maximum atomic E-state index is 7.94. The van der Waals surface area contributed by atoms with Crippen molar-refractivity contribution in [2.75, 3.05) is 0 Å². The van der Waals surface area contributed by atoms with Gasteiger partial charge in [-0.05, 0) is 0 Å². The zero-order chi connectivity index (χ0) is 21.0. The van der Waals surface area contributed by atoms with Crippen LogP contribution < -0.4 is 0 Å². The van der Waals surface area contributed by atoms with Crippen LogP contribution >= 0.6 is 11.6 Å². The third-order valence-electron chi connectivity index (χ3n) is 3.07. The summed E-state index contributed by atoms with van der Waals surface area (Å²) < 4.78 is 15.9. The number of hydrogen-bond donors (Lipinski definition) is 0. The maximum absolute atomic E-state index is 7.94. The molecule has 0 aliphatic heterocycles. The summed E-state index contributed by atoms with van der Waals surface area (Å²) in [5.41, 5.74) is 0. The Balaban J connectivity index is -0.000000299. The van der Waals surface area contributed by atoms with Crippen molar-refractivity contribution >= 4 is 11.6 Å². The minimum atomic E-state index is 0.613. The second kappa shape index (κ2) is 33.0. The van der Waals surface area contributed by atoms with E-state index >= 15 is 0 Å². The van der Waals surface area contributed by atoms with Crippen molar-refractivity contribution in [2.24, 2.45) is 0 Å². The summed E-state index contributed by atoms with van der Waals surface area (Å²) in [4.78, 5) is 0. The molecule has 0 aliphatic carbocycles. The number of halogens is 1. The first-order chi connectivity index (χ1) is 13.3. The van der Waals surface area contributed by atoms with E-state index in [0.717, 1.165) is 6.42 Å². The molecule has 2 nitrogen and oxygen atoms in total. The standard InChI is InChI=1S/C10H21.C6H3Cl.C6H5.2Co.2O/c1-3-5-7-9-10-8-6-4-2;7-6-4-2-1-3-5-6;1-2-4-6-5-3-1;;;;/h1,3-10H2,2H3;1-2,5H;1-5H;;;;/q-1;-2;-1;;;;. The van der Waals surface area contributed by atoms with Gasteiger partial charge in [0.1, 0.15) is 0 Å². The van der Waals surface area contributed by atoms with Crippen LogP contribution in [0.3, 0.4) is 0 Å². The van der Waals surface area contributed by atoms with Gasteiger partial charge in [-0.2, -0.15) is 59.4 Å². The molecule has 0 saturated heterocycles. The molecule has 2 aromatic rings. The third kappa shape index (κ3) is 33.4. The van der Waals surface area contributed by atoms with Gasteiger partial charge in [-0.1, -0.05) is 51.9 Å². The van der Waals surface area contributed by atoms with E-state index in [2.05, 4.69) is 63.4 Å². The average molecular weight is 479 g/mol. The van der Waals surface area contributed by atoms with Gasteiger partial charge in [-0.25, -0.2) is 0 Å². The van der Waals surface area contributed by atoms with Crippen molar-refractivity contribution in [3.63, 3.8) is 0 Å². The Morgan fingerprint density at radius 1 is 0.815 bits per heavy atom. The molecule has 0 heterocycles. The molecular formula is C22H29ClCo2O2-4. The van der Waals surface area contributed by atoms with Crippen molar-refractivity contribution in [1.29, 1.82) is 0 Å². The Kier molecular flexibility index (Phi) is 37.9. The fourth-order valence-electron chi connectivity index (χ4n) is 1.81. The van der Waals surface area contributed by atoms with Crippen molar-refractivity contribution in [2.45, 2.75) is 58.3 Å². The van der Waals surface area contributed by atoms with Gasteiger partial charge in [0.25, 0.3) is 0 Å². The molecule has 5 heteroatoms. The number of benzene rings is 2. The second-order valence-corrected chi connectivity index (χ2v) is 5.60. The first-order valence-corrected chi connectivity index (χ1v) is 10.0. The van der Waals surface area contributed by atoms with Crippen LogP contribution in [0.2, 0.25) is 5.02 Å². The third-order valence-corrected chi connectivity index (χ3v) is 3.29. The monoisotopic (exact) mass is 478 g/mol. The Hall–Kier alpha value is -0.657. The molecule has 0 bridgehead atoms. The molecule has 0 aliphatic rings. The quantitative estimate of drug-likeness (QED) is 0.313. The molecule has 0 atom stereocenters. The number of hydrogen-bond acceptors (Lipinski definition) is 2. The fraction of sp³-hybridized carbons (Fsp3) is 0.409. The molecular weight excluding hydrogens is 450 g/mol. The van der Waals surface area contributed by atoms with E-state index in [-0.39, 0.29) is 0 Å². The van der Waals surface area contributed by atoms with E-state index in [4.69, 9.17) is 19.3 Å². The molecule has 0 fully saturated rings. The molecule has 27 heavy (non-hydrogen) atoms. The summed E-state index contributed by atoms with van der Waals surface area (Å²) in [5, 5.41) is 0.613. The van der Waals surface area contributed by atoms with Gasteiger partial charge in [0, 0.05) is 0 Å². The van der Waals surface area contributed by atoms with Crippen molar-refractivity contribution in [1.82, 2.24) is 0 Å². The molecule has 0 amide bonds. The summed E-state index contributed by atoms with van der Waals surface area (Å²) in [6.45, 7) is 6.08. The molecule has 0 aromatic heterocycles. The SMILES string of the molecule is Clc1[c-]cc[c-]c1.[CH2-]CCCCCCCCC.[O]=[Co].[O]=[Co].[c-]1ccccc1. The summed E-state index contributed by atoms with van der Waals surface area (Å²) in [6.07, 6.45) is 10.9. The van der Waals surface area contributed by atoms with Crippen LogP contribution in [0.25, 0.3) is 0 Å². The van der Waals surface area contributed by atoms with E-state index in [1.165, 1.54) is 44.9 Å². The van der Waals surface area contributed by atoms with Crippen LogP contribution in [0, 0.1) is 25.1 Å². The largest absolute Gasteiger partial charge is 0.184 e. The van der Waals surface area contributed by atoms with Gasteiger partial charge >= 0.3 is 39.1 Å². The molecule has 2 aromatic carbocycles. The van der Waals surface area contributed by atoms with Crippen LogP contribution in [0.1, 0.15) is 58.3 Å². The Morgan fingerprint density at radius 2 is 1.37 bits per heavy atom. The molecule has 0 saturated carbocycles.